The Balaban J connectivity index is 1.32. The number of alkyl halides is 2. The number of benzene rings is 1. The summed E-state index contributed by atoms with van der Waals surface area (Å²) >= 11 is 12.0. The summed E-state index contributed by atoms with van der Waals surface area (Å²) in [7, 11) is 0. The summed E-state index contributed by atoms with van der Waals surface area (Å²) in [6.07, 6.45) is 3.80. The Morgan fingerprint density at radius 1 is 1.24 bits per heavy atom. The highest BCUT2D eigenvalue weighted by Gasteiger charge is 2.46. The van der Waals surface area contributed by atoms with Gasteiger partial charge in [-0.15, -0.1) is 0 Å². The number of hydrogen-bond acceptors (Lipinski definition) is 3. The van der Waals surface area contributed by atoms with Crippen molar-refractivity contribution >= 4 is 40.8 Å². The van der Waals surface area contributed by atoms with Crippen molar-refractivity contribution in [2.45, 2.75) is 69.5 Å². The molecule has 0 saturated carbocycles. The molecule has 3 fully saturated rings. The van der Waals surface area contributed by atoms with Crippen LogP contribution in [0.3, 0.4) is 0 Å². The SMILES string of the molecule is C[C@H]1C(=O)N2[C@@H](CCCN3CCCC(F)(F)C3)CC[C@H]2CN1C(=O)Nc1ccc(Cl)c(Cl)c1. The molecule has 3 saturated heterocycles. The zero-order chi connectivity index (χ0) is 23.8. The molecule has 0 aliphatic carbocycles. The van der Waals surface area contributed by atoms with Gasteiger partial charge < -0.3 is 15.1 Å². The average Bonchev–Trinajstić information content (AvgIpc) is 3.15. The lowest BCUT2D eigenvalue weighted by molar-refractivity contribution is -0.143. The number of hydrogen-bond donors (Lipinski definition) is 1. The number of piperidine rings is 1. The van der Waals surface area contributed by atoms with Gasteiger partial charge in [-0.25, -0.2) is 13.6 Å². The molecule has 6 nitrogen and oxygen atoms in total. The predicted octanol–water partition coefficient (Wildman–Crippen LogP) is 5.10. The van der Waals surface area contributed by atoms with Crippen molar-refractivity contribution in [3.63, 3.8) is 0 Å². The van der Waals surface area contributed by atoms with E-state index in [2.05, 4.69) is 5.32 Å². The van der Waals surface area contributed by atoms with E-state index >= 15 is 0 Å². The minimum atomic E-state index is -2.59. The third kappa shape index (κ3) is 5.54. The van der Waals surface area contributed by atoms with Crippen molar-refractivity contribution in [1.82, 2.24) is 14.7 Å². The number of urea groups is 1. The van der Waals surface area contributed by atoms with Crippen LogP contribution in [0.5, 0.6) is 0 Å². The van der Waals surface area contributed by atoms with Crippen molar-refractivity contribution in [3.8, 4) is 0 Å². The number of carbonyl (C=O) groups is 2. The van der Waals surface area contributed by atoms with Crippen molar-refractivity contribution in [3.05, 3.63) is 28.2 Å². The molecule has 3 atom stereocenters. The van der Waals surface area contributed by atoms with Gasteiger partial charge in [-0.3, -0.25) is 9.69 Å². The highest BCUT2D eigenvalue weighted by molar-refractivity contribution is 6.42. The van der Waals surface area contributed by atoms with Gasteiger partial charge in [-0.1, -0.05) is 23.2 Å². The number of nitrogens with one attached hydrogen (secondary N) is 1. The first-order valence-corrected chi connectivity index (χ1v) is 12.4. The molecule has 1 N–H and O–H groups in total. The second kappa shape index (κ2) is 9.92. The second-order valence-electron chi connectivity index (χ2n) is 9.40. The normalized spacial score (nSPS) is 27.5. The monoisotopic (exact) mass is 502 g/mol. The molecular weight excluding hydrogens is 473 g/mol. The van der Waals surface area contributed by atoms with Gasteiger partial charge in [0.15, 0.2) is 0 Å². The number of piperazine rings is 1. The molecule has 10 heteroatoms. The third-order valence-corrected chi connectivity index (χ3v) is 7.76. The Kier molecular flexibility index (Phi) is 7.36. The van der Waals surface area contributed by atoms with E-state index in [1.54, 1.807) is 30.0 Å². The maximum Gasteiger partial charge on any atom is 0.322 e. The van der Waals surface area contributed by atoms with Gasteiger partial charge in [0.2, 0.25) is 5.91 Å². The molecule has 1 aromatic carbocycles. The number of rotatable bonds is 5. The van der Waals surface area contributed by atoms with Gasteiger partial charge in [0, 0.05) is 30.7 Å². The van der Waals surface area contributed by atoms with E-state index in [1.165, 1.54) is 0 Å². The van der Waals surface area contributed by atoms with E-state index in [-0.39, 0.29) is 37.0 Å². The minimum absolute atomic E-state index is 0.0161. The average molecular weight is 503 g/mol. The fraction of sp³-hybridized carbons (Fsp3) is 0.652. The van der Waals surface area contributed by atoms with Gasteiger partial charge in [-0.2, -0.15) is 0 Å². The molecule has 3 aliphatic rings. The van der Waals surface area contributed by atoms with E-state index in [1.807, 2.05) is 9.80 Å². The van der Waals surface area contributed by atoms with E-state index < -0.39 is 12.0 Å². The van der Waals surface area contributed by atoms with Crippen LogP contribution in [0.15, 0.2) is 18.2 Å². The standard InChI is InChI=1S/C23H30Cl2F2N4O2/c1-15-21(32)31-17(4-2-10-29-11-3-9-23(26,27)14-29)6-7-18(31)13-30(15)22(33)28-16-5-8-19(24)20(25)12-16/h5,8,12,15,17-18H,2-4,6-7,9-11,13-14H2,1H3,(H,28,33)/t15-,17-,18-/m0/s1. The van der Waals surface area contributed by atoms with Crippen molar-refractivity contribution in [2.24, 2.45) is 0 Å². The van der Waals surface area contributed by atoms with Crippen LogP contribution in [0, 0.1) is 0 Å². The molecule has 3 aliphatic heterocycles. The smallest absolute Gasteiger partial charge is 0.322 e. The van der Waals surface area contributed by atoms with Crippen LogP contribution >= 0.6 is 23.2 Å². The van der Waals surface area contributed by atoms with Crippen LogP contribution in [0.2, 0.25) is 10.0 Å². The molecule has 0 bridgehead atoms. The summed E-state index contributed by atoms with van der Waals surface area (Å²) in [6.45, 7) is 3.40. The molecule has 0 spiro atoms. The van der Waals surface area contributed by atoms with Gasteiger partial charge in [-0.05, 0) is 70.3 Å². The van der Waals surface area contributed by atoms with Crippen LogP contribution in [0.1, 0.15) is 45.4 Å². The summed E-state index contributed by atoms with van der Waals surface area (Å²) in [5.74, 6) is -2.64. The predicted molar refractivity (Wildman–Crippen MR) is 125 cm³/mol. The first-order valence-electron chi connectivity index (χ1n) is 11.6. The summed E-state index contributed by atoms with van der Waals surface area (Å²) in [4.78, 5) is 31.4. The fourth-order valence-corrected chi connectivity index (χ4v) is 5.63. The highest BCUT2D eigenvalue weighted by atomic mass is 35.5. The Labute approximate surface area is 203 Å². The van der Waals surface area contributed by atoms with Crippen molar-refractivity contribution < 1.29 is 18.4 Å². The van der Waals surface area contributed by atoms with E-state index in [0.717, 1.165) is 25.7 Å². The zero-order valence-electron chi connectivity index (χ0n) is 18.7. The molecule has 1 aromatic rings. The highest BCUT2D eigenvalue weighted by Crippen LogP contribution is 2.34. The van der Waals surface area contributed by atoms with Crippen LogP contribution in [0.25, 0.3) is 0 Å². The first-order chi connectivity index (χ1) is 15.6. The van der Waals surface area contributed by atoms with Gasteiger partial charge in [0.1, 0.15) is 6.04 Å². The van der Waals surface area contributed by atoms with Gasteiger partial charge in [0.25, 0.3) is 5.92 Å². The van der Waals surface area contributed by atoms with E-state index in [9.17, 15) is 18.4 Å². The lowest BCUT2D eigenvalue weighted by Gasteiger charge is -2.43. The Hall–Kier alpha value is -1.64. The van der Waals surface area contributed by atoms with Crippen LogP contribution in [0.4, 0.5) is 19.3 Å². The largest absolute Gasteiger partial charge is 0.333 e. The first kappa shape index (κ1) is 24.5. The summed E-state index contributed by atoms with van der Waals surface area (Å²) in [5.41, 5.74) is 0.518. The molecule has 182 valence electrons. The third-order valence-electron chi connectivity index (χ3n) is 7.02. The Morgan fingerprint density at radius 3 is 2.76 bits per heavy atom. The molecule has 33 heavy (non-hydrogen) atoms. The lowest BCUT2D eigenvalue weighted by atomic mass is 10.0. The van der Waals surface area contributed by atoms with Crippen molar-refractivity contribution in [2.75, 3.05) is 31.5 Å². The summed E-state index contributed by atoms with van der Waals surface area (Å²) < 4.78 is 27.3. The molecule has 0 unspecified atom stereocenters. The quantitative estimate of drug-likeness (QED) is 0.609. The van der Waals surface area contributed by atoms with Crippen LogP contribution < -0.4 is 5.32 Å². The summed E-state index contributed by atoms with van der Waals surface area (Å²) in [6, 6.07) is 4.02. The molecule has 0 aromatic heterocycles. The van der Waals surface area contributed by atoms with Gasteiger partial charge in [0.05, 0.1) is 16.6 Å². The Bertz CT molecular complexity index is 903. The van der Waals surface area contributed by atoms with Gasteiger partial charge >= 0.3 is 6.03 Å². The number of fused-ring (bicyclic) bond motifs is 1. The number of nitrogens with zero attached hydrogens (tertiary/aromatic N) is 3. The fourth-order valence-electron chi connectivity index (χ4n) is 5.33. The lowest BCUT2D eigenvalue weighted by Crippen LogP contribution is -2.62. The number of carbonyl (C=O) groups excluding carboxylic acids is 2. The Morgan fingerprint density at radius 2 is 2.03 bits per heavy atom. The number of halogens is 4. The zero-order valence-corrected chi connectivity index (χ0v) is 20.2. The number of amides is 3. The van der Waals surface area contributed by atoms with Crippen LogP contribution in [-0.4, -0.2) is 76.9 Å². The minimum Gasteiger partial charge on any atom is -0.333 e. The maximum atomic E-state index is 13.6. The summed E-state index contributed by atoms with van der Waals surface area (Å²) in [5, 5.41) is 3.55. The molecule has 0 radical (unpaired) electrons. The maximum absolute atomic E-state index is 13.6. The second-order valence-corrected chi connectivity index (χ2v) is 10.2. The molecule has 3 amide bonds. The molecular formula is C23H30Cl2F2N4O2. The topological polar surface area (TPSA) is 55.9 Å². The van der Waals surface area contributed by atoms with Crippen LogP contribution in [-0.2, 0) is 4.79 Å². The van der Waals surface area contributed by atoms with Crippen molar-refractivity contribution in [1.29, 1.82) is 0 Å². The number of anilines is 1. The molecule has 4 rings (SSSR count). The van der Waals surface area contributed by atoms with E-state index in [4.69, 9.17) is 23.2 Å². The number of likely N-dealkylation sites (tertiary alicyclic amines) is 1. The molecule has 3 heterocycles. The van der Waals surface area contributed by atoms with E-state index in [0.29, 0.717) is 41.8 Å².